The van der Waals surface area contributed by atoms with Gasteiger partial charge in [0.15, 0.2) is 0 Å². The summed E-state index contributed by atoms with van der Waals surface area (Å²) in [7, 11) is 0. The molecule has 0 saturated heterocycles. The van der Waals surface area contributed by atoms with Crippen molar-refractivity contribution in [3.63, 3.8) is 0 Å². The summed E-state index contributed by atoms with van der Waals surface area (Å²) in [6.07, 6.45) is 5.99. The molecule has 1 atom stereocenters. The largest absolute Gasteiger partial charge is 0.508 e. The van der Waals surface area contributed by atoms with Crippen molar-refractivity contribution in [2.45, 2.75) is 64.6 Å². The highest BCUT2D eigenvalue weighted by Crippen LogP contribution is 2.20. The molecule has 3 heteroatoms. The van der Waals surface area contributed by atoms with Gasteiger partial charge in [0.1, 0.15) is 12.2 Å². The summed E-state index contributed by atoms with van der Waals surface area (Å²) in [4.78, 5) is 11.2. The van der Waals surface area contributed by atoms with Crippen LogP contribution in [0.5, 0.6) is 0 Å². The Hall–Kier alpha value is -0.730. The van der Waals surface area contributed by atoms with E-state index in [1.54, 1.807) is 0 Å². The molecular weight excluding hydrogens is 180 g/mol. The molecule has 0 aromatic rings. The molecule has 1 aliphatic rings. The molecule has 1 aliphatic carbocycles. The zero-order valence-electron chi connectivity index (χ0n) is 9.12. The summed E-state index contributed by atoms with van der Waals surface area (Å²) in [6.45, 7) is 3.86. The van der Waals surface area contributed by atoms with Gasteiger partial charge < -0.3 is 9.47 Å². The van der Waals surface area contributed by atoms with E-state index in [-0.39, 0.29) is 12.2 Å². The van der Waals surface area contributed by atoms with Crippen LogP contribution in [0.1, 0.15) is 52.4 Å². The molecule has 1 saturated carbocycles. The van der Waals surface area contributed by atoms with Gasteiger partial charge in [-0.2, -0.15) is 0 Å². The Morgan fingerprint density at radius 1 is 1.36 bits per heavy atom. The first kappa shape index (κ1) is 11.3. The van der Waals surface area contributed by atoms with E-state index in [0.29, 0.717) is 0 Å². The van der Waals surface area contributed by atoms with Crippen LogP contribution in [-0.2, 0) is 9.47 Å². The van der Waals surface area contributed by atoms with Crippen molar-refractivity contribution in [2.75, 3.05) is 0 Å². The van der Waals surface area contributed by atoms with E-state index in [2.05, 4.69) is 0 Å². The van der Waals surface area contributed by atoms with Crippen molar-refractivity contribution < 1.29 is 14.3 Å². The average molecular weight is 200 g/mol. The highest BCUT2D eigenvalue weighted by atomic mass is 16.7. The zero-order chi connectivity index (χ0) is 10.4. The van der Waals surface area contributed by atoms with E-state index in [9.17, 15) is 4.79 Å². The highest BCUT2D eigenvalue weighted by molar-refractivity contribution is 5.60. The van der Waals surface area contributed by atoms with Crippen molar-refractivity contribution in [2.24, 2.45) is 0 Å². The van der Waals surface area contributed by atoms with Gasteiger partial charge >= 0.3 is 6.16 Å². The van der Waals surface area contributed by atoms with Gasteiger partial charge in [0.2, 0.25) is 0 Å². The van der Waals surface area contributed by atoms with E-state index in [0.717, 1.165) is 19.3 Å². The van der Waals surface area contributed by atoms with Crippen LogP contribution in [-0.4, -0.2) is 18.4 Å². The number of hydrogen-bond donors (Lipinski definition) is 0. The molecular formula is C11H20O3. The number of ether oxygens (including phenoxy) is 2. The standard InChI is InChI=1S/C11H20O3/c1-3-9(2)13-11(12)14-10-7-5-4-6-8-10/h9-10H,3-8H2,1-2H3/t9-/m1/s1. The molecule has 0 bridgehead atoms. The van der Waals surface area contributed by atoms with Crippen LogP contribution < -0.4 is 0 Å². The summed E-state index contributed by atoms with van der Waals surface area (Å²) < 4.78 is 10.2. The third-order valence-electron chi connectivity index (χ3n) is 2.69. The van der Waals surface area contributed by atoms with E-state index >= 15 is 0 Å². The van der Waals surface area contributed by atoms with Gasteiger partial charge in [0.05, 0.1) is 0 Å². The minimum absolute atomic E-state index is 0.0360. The first-order valence-corrected chi connectivity index (χ1v) is 5.59. The molecule has 0 aliphatic heterocycles. The van der Waals surface area contributed by atoms with E-state index in [4.69, 9.17) is 9.47 Å². The Labute approximate surface area is 85.8 Å². The molecule has 0 amide bonds. The zero-order valence-corrected chi connectivity index (χ0v) is 9.12. The van der Waals surface area contributed by atoms with Crippen LogP contribution in [0, 0.1) is 0 Å². The summed E-state index contributed by atoms with van der Waals surface area (Å²) in [5, 5.41) is 0. The SMILES string of the molecule is CC[C@@H](C)OC(=O)OC1CCCCC1. The third-order valence-corrected chi connectivity index (χ3v) is 2.69. The number of carbonyl (C=O) groups is 1. The molecule has 0 radical (unpaired) electrons. The minimum Gasteiger partial charge on any atom is -0.431 e. The Balaban J connectivity index is 2.18. The van der Waals surface area contributed by atoms with Gasteiger partial charge in [-0.15, -0.1) is 0 Å². The lowest BCUT2D eigenvalue weighted by Crippen LogP contribution is -2.23. The maximum Gasteiger partial charge on any atom is 0.508 e. The van der Waals surface area contributed by atoms with Crippen LogP contribution in [0.3, 0.4) is 0 Å². The first-order valence-electron chi connectivity index (χ1n) is 5.59. The van der Waals surface area contributed by atoms with Gasteiger partial charge in [0, 0.05) is 0 Å². The fourth-order valence-electron chi connectivity index (χ4n) is 1.59. The Morgan fingerprint density at radius 2 is 2.00 bits per heavy atom. The molecule has 0 heterocycles. The monoisotopic (exact) mass is 200 g/mol. The number of hydrogen-bond acceptors (Lipinski definition) is 3. The second kappa shape index (κ2) is 5.89. The maximum atomic E-state index is 11.2. The summed E-state index contributed by atoms with van der Waals surface area (Å²) in [6, 6.07) is 0. The molecule has 14 heavy (non-hydrogen) atoms. The van der Waals surface area contributed by atoms with Crippen molar-refractivity contribution >= 4 is 6.16 Å². The van der Waals surface area contributed by atoms with Gasteiger partial charge in [-0.3, -0.25) is 0 Å². The lowest BCUT2D eigenvalue weighted by atomic mass is 9.98. The Bertz CT molecular complexity index is 173. The van der Waals surface area contributed by atoms with E-state index in [1.165, 1.54) is 19.3 Å². The molecule has 82 valence electrons. The Morgan fingerprint density at radius 3 is 2.57 bits per heavy atom. The van der Waals surface area contributed by atoms with E-state index in [1.807, 2.05) is 13.8 Å². The smallest absolute Gasteiger partial charge is 0.431 e. The minimum atomic E-state index is -0.494. The third kappa shape index (κ3) is 3.99. The van der Waals surface area contributed by atoms with Crippen molar-refractivity contribution in [3.8, 4) is 0 Å². The van der Waals surface area contributed by atoms with Crippen molar-refractivity contribution in [3.05, 3.63) is 0 Å². The van der Waals surface area contributed by atoms with Gasteiger partial charge in [-0.05, 0) is 39.0 Å². The number of rotatable bonds is 3. The normalized spacial score (nSPS) is 20.1. The highest BCUT2D eigenvalue weighted by Gasteiger charge is 2.19. The maximum absolute atomic E-state index is 11.2. The lowest BCUT2D eigenvalue weighted by molar-refractivity contribution is -0.00749. The summed E-state index contributed by atoms with van der Waals surface area (Å²) in [5.41, 5.74) is 0. The topological polar surface area (TPSA) is 35.5 Å². The van der Waals surface area contributed by atoms with Gasteiger partial charge in [-0.25, -0.2) is 4.79 Å². The predicted molar refractivity (Wildman–Crippen MR) is 54.2 cm³/mol. The lowest BCUT2D eigenvalue weighted by Gasteiger charge is -2.22. The fourth-order valence-corrected chi connectivity index (χ4v) is 1.59. The molecule has 0 N–H and O–H groups in total. The van der Waals surface area contributed by atoms with Crippen LogP contribution >= 0.6 is 0 Å². The molecule has 1 rings (SSSR count). The second-order valence-electron chi connectivity index (χ2n) is 3.96. The van der Waals surface area contributed by atoms with Crippen LogP contribution in [0.2, 0.25) is 0 Å². The Kier molecular flexibility index (Phi) is 4.77. The molecule has 1 fully saturated rings. The van der Waals surface area contributed by atoms with Crippen LogP contribution in [0.4, 0.5) is 4.79 Å². The predicted octanol–water partition coefficient (Wildman–Crippen LogP) is 3.27. The second-order valence-corrected chi connectivity index (χ2v) is 3.96. The van der Waals surface area contributed by atoms with Crippen LogP contribution in [0.15, 0.2) is 0 Å². The van der Waals surface area contributed by atoms with Crippen molar-refractivity contribution in [1.82, 2.24) is 0 Å². The summed E-state index contributed by atoms with van der Waals surface area (Å²) in [5.74, 6) is 0. The quantitative estimate of drug-likeness (QED) is 0.656. The van der Waals surface area contributed by atoms with E-state index < -0.39 is 6.16 Å². The van der Waals surface area contributed by atoms with Crippen molar-refractivity contribution in [1.29, 1.82) is 0 Å². The number of carbonyl (C=O) groups excluding carboxylic acids is 1. The summed E-state index contributed by atoms with van der Waals surface area (Å²) >= 11 is 0. The van der Waals surface area contributed by atoms with Gasteiger partial charge in [-0.1, -0.05) is 13.3 Å². The van der Waals surface area contributed by atoms with Crippen LogP contribution in [0.25, 0.3) is 0 Å². The molecule has 0 aromatic carbocycles. The molecule has 0 aromatic heterocycles. The molecule has 0 spiro atoms. The molecule has 0 unspecified atom stereocenters. The molecule has 3 nitrogen and oxygen atoms in total. The first-order chi connectivity index (χ1) is 6.72. The van der Waals surface area contributed by atoms with Gasteiger partial charge in [0.25, 0.3) is 0 Å². The fraction of sp³-hybridized carbons (Fsp3) is 0.909. The average Bonchev–Trinajstić information content (AvgIpc) is 2.19.